The maximum Gasteiger partial charge on any atom is 0.337 e. The van der Waals surface area contributed by atoms with Crippen LogP contribution in [-0.4, -0.2) is 35.3 Å². The van der Waals surface area contributed by atoms with Crippen LogP contribution in [0.2, 0.25) is 0 Å². The van der Waals surface area contributed by atoms with Crippen LogP contribution in [-0.2, 0) is 4.74 Å². The molecule has 6 nitrogen and oxygen atoms in total. The second kappa shape index (κ2) is 5.01. The molecular formula is C11H15N3O3. The van der Waals surface area contributed by atoms with E-state index in [9.17, 15) is 4.79 Å². The molecule has 1 aliphatic rings. The second-order valence-corrected chi connectivity index (χ2v) is 3.98. The zero-order chi connectivity index (χ0) is 12.3. The third kappa shape index (κ3) is 2.85. The van der Waals surface area contributed by atoms with Crippen LogP contribution in [0.15, 0.2) is 12.3 Å². The summed E-state index contributed by atoms with van der Waals surface area (Å²) < 4.78 is 5.45. The van der Waals surface area contributed by atoms with Gasteiger partial charge in [-0.15, -0.1) is 0 Å². The number of hydrogen-bond donors (Lipinski definition) is 3. The van der Waals surface area contributed by atoms with E-state index >= 15 is 0 Å². The van der Waals surface area contributed by atoms with Crippen LogP contribution in [0, 0.1) is 0 Å². The van der Waals surface area contributed by atoms with E-state index in [1.807, 2.05) is 0 Å². The fraction of sp³-hybridized carbons (Fsp3) is 0.455. The molecule has 1 aliphatic heterocycles. The van der Waals surface area contributed by atoms with Gasteiger partial charge in [-0.05, 0) is 18.9 Å². The summed E-state index contributed by atoms with van der Waals surface area (Å²) in [6, 6.07) is 1.40. The van der Waals surface area contributed by atoms with E-state index in [2.05, 4.69) is 10.3 Å². The first-order valence-electron chi connectivity index (χ1n) is 5.51. The van der Waals surface area contributed by atoms with Gasteiger partial charge in [0.25, 0.3) is 0 Å². The van der Waals surface area contributed by atoms with E-state index in [-0.39, 0.29) is 11.7 Å². The van der Waals surface area contributed by atoms with Crippen LogP contribution in [0.1, 0.15) is 23.2 Å². The Balaban J connectivity index is 1.98. The predicted molar refractivity (Wildman–Crippen MR) is 63.1 cm³/mol. The van der Waals surface area contributed by atoms with Gasteiger partial charge in [-0.1, -0.05) is 0 Å². The standard InChI is InChI=1S/C11H15N3O3/c12-9-4-7(11(15)16)5-13-10(9)14-6-8-2-1-3-17-8/h4-5,8H,1-3,6,12H2,(H,13,14)(H,15,16). The Morgan fingerprint density at radius 3 is 3.12 bits per heavy atom. The molecule has 1 atom stereocenters. The van der Waals surface area contributed by atoms with E-state index in [0.717, 1.165) is 19.4 Å². The van der Waals surface area contributed by atoms with Crippen LogP contribution in [0.25, 0.3) is 0 Å². The average molecular weight is 237 g/mol. The molecule has 0 radical (unpaired) electrons. The van der Waals surface area contributed by atoms with Gasteiger partial charge in [0.05, 0.1) is 17.4 Å². The summed E-state index contributed by atoms with van der Waals surface area (Å²) in [4.78, 5) is 14.7. The number of pyridine rings is 1. The first kappa shape index (κ1) is 11.7. The highest BCUT2D eigenvalue weighted by Crippen LogP contribution is 2.18. The van der Waals surface area contributed by atoms with Gasteiger partial charge >= 0.3 is 5.97 Å². The molecular weight excluding hydrogens is 222 g/mol. The number of nitrogens with one attached hydrogen (secondary N) is 1. The molecule has 0 aromatic carbocycles. The molecule has 2 rings (SSSR count). The molecule has 1 aromatic rings. The third-order valence-corrected chi connectivity index (χ3v) is 2.69. The summed E-state index contributed by atoms with van der Waals surface area (Å²) in [7, 11) is 0. The lowest BCUT2D eigenvalue weighted by Gasteiger charge is -2.12. The SMILES string of the molecule is Nc1cc(C(=O)O)cnc1NCC1CCCO1. The van der Waals surface area contributed by atoms with Crippen molar-refractivity contribution in [2.45, 2.75) is 18.9 Å². The van der Waals surface area contributed by atoms with Crippen LogP contribution < -0.4 is 11.1 Å². The number of carbonyl (C=O) groups is 1. The van der Waals surface area contributed by atoms with Crippen molar-refractivity contribution in [1.82, 2.24) is 4.98 Å². The number of nitrogen functional groups attached to an aromatic ring is 1. The van der Waals surface area contributed by atoms with Gasteiger partial charge in [0.1, 0.15) is 5.82 Å². The predicted octanol–water partition coefficient (Wildman–Crippen LogP) is 0.953. The van der Waals surface area contributed by atoms with Gasteiger partial charge in [0, 0.05) is 19.3 Å². The summed E-state index contributed by atoms with van der Waals surface area (Å²) in [5.41, 5.74) is 6.14. The number of carboxylic acids is 1. The average Bonchev–Trinajstić information content (AvgIpc) is 2.80. The summed E-state index contributed by atoms with van der Waals surface area (Å²) in [6.45, 7) is 1.44. The normalized spacial score (nSPS) is 19.2. The lowest BCUT2D eigenvalue weighted by Crippen LogP contribution is -2.19. The summed E-state index contributed by atoms with van der Waals surface area (Å²) >= 11 is 0. The van der Waals surface area contributed by atoms with Crippen molar-refractivity contribution in [1.29, 1.82) is 0 Å². The number of nitrogens with two attached hydrogens (primary N) is 1. The van der Waals surface area contributed by atoms with E-state index < -0.39 is 5.97 Å². The molecule has 0 bridgehead atoms. The molecule has 1 fully saturated rings. The Kier molecular flexibility index (Phi) is 3.43. The number of nitrogens with zero attached hydrogens (tertiary/aromatic N) is 1. The number of anilines is 2. The molecule has 4 N–H and O–H groups in total. The van der Waals surface area contributed by atoms with Crippen LogP contribution in [0.3, 0.4) is 0 Å². The van der Waals surface area contributed by atoms with Crippen LogP contribution in [0.4, 0.5) is 11.5 Å². The topological polar surface area (TPSA) is 97.5 Å². The summed E-state index contributed by atoms with van der Waals surface area (Å²) in [6.07, 6.45) is 3.58. The van der Waals surface area contributed by atoms with Crippen molar-refractivity contribution in [2.24, 2.45) is 0 Å². The lowest BCUT2D eigenvalue weighted by molar-refractivity contribution is 0.0696. The van der Waals surface area contributed by atoms with Crippen molar-refractivity contribution in [2.75, 3.05) is 24.2 Å². The number of rotatable bonds is 4. The smallest absolute Gasteiger partial charge is 0.337 e. The Morgan fingerprint density at radius 2 is 2.53 bits per heavy atom. The maximum atomic E-state index is 10.7. The fourth-order valence-electron chi connectivity index (χ4n) is 1.76. The van der Waals surface area contributed by atoms with Crippen molar-refractivity contribution in [3.63, 3.8) is 0 Å². The van der Waals surface area contributed by atoms with Gasteiger partial charge in [0.2, 0.25) is 0 Å². The zero-order valence-corrected chi connectivity index (χ0v) is 9.35. The van der Waals surface area contributed by atoms with Gasteiger partial charge in [0.15, 0.2) is 0 Å². The van der Waals surface area contributed by atoms with Gasteiger partial charge in [-0.2, -0.15) is 0 Å². The summed E-state index contributed by atoms with van der Waals surface area (Å²) in [5.74, 6) is -0.527. The minimum absolute atomic E-state index is 0.0881. The number of ether oxygens (including phenoxy) is 1. The third-order valence-electron chi connectivity index (χ3n) is 2.69. The largest absolute Gasteiger partial charge is 0.478 e. The molecule has 2 heterocycles. The molecule has 17 heavy (non-hydrogen) atoms. The first-order valence-corrected chi connectivity index (χ1v) is 5.51. The molecule has 6 heteroatoms. The molecule has 0 spiro atoms. The van der Waals surface area contributed by atoms with Crippen molar-refractivity contribution in [3.05, 3.63) is 17.8 Å². The second-order valence-electron chi connectivity index (χ2n) is 3.98. The Morgan fingerprint density at radius 1 is 1.71 bits per heavy atom. The highest BCUT2D eigenvalue weighted by atomic mass is 16.5. The number of aromatic carboxylic acids is 1. The minimum atomic E-state index is -1.03. The van der Waals surface area contributed by atoms with Gasteiger partial charge < -0.3 is 20.9 Å². The zero-order valence-electron chi connectivity index (χ0n) is 9.35. The van der Waals surface area contributed by atoms with Crippen molar-refractivity contribution < 1.29 is 14.6 Å². The molecule has 0 aliphatic carbocycles. The maximum absolute atomic E-state index is 10.7. The molecule has 0 amide bonds. The van der Waals surface area contributed by atoms with Crippen molar-refractivity contribution in [3.8, 4) is 0 Å². The van der Waals surface area contributed by atoms with Gasteiger partial charge in [-0.25, -0.2) is 9.78 Å². The van der Waals surface area contributed by atoms with E-state index in [0.29, 0.717) is 18.1 Å². The lowest BCUT2D eigenvalue weighted by atomic mass is 10.2. The monoisotopic (exact) mass is 237 g/mol. The number of carboxylic acid groups (broad SMARTS) is 1. The highest BCUT2D eigenvalue weighted by molar-refractivity contribution is 5.89. The Hall–Kier alpha value is -1.82. The molecule has 1 unspecified atom stereocenters. The highest BCUT2D eigenvalue weighted by Gasteiger charge is 2.16. The van der Waals surface area contributed by atoms with Crippen molar-refractivity contribution >= 4 is 17.5 Å². The molecule has 0 saturated carbocycles. The number of aromatic nitrogens is 1. The van der Waals surface area contributed by atoms with E-state index in [1.54, 1.807) is 0 Å². The molecule has 1 aromatic heterocycles. The van der Waals surface area contributed by atoms with Gasteiger partial charge in [-0.3, -0.25) is 0 Å². The fourth-order valence-corrected chi connectivity index (χ4v) is 1.76. The molecule has 92 valence electrons. The number of hydrogen-bond acceptors (Lipinski definition) is 5. The van der Waals surface area contributed by atoms with E-state index in [1.165, 1.54) is 12.3 Å². The van der Waals surface area contributed by atoms with Crippen LogP contribution >= 0.6 is 0 Å². The molecule has 1 saturated heterocycles. The minimum Gasteiger partial charge on any atom is -0.478 e. The first-order chi connectivity index (χ1) is 8.16. The van der Waals surface area contributed by atoms with Crippen LogP contribution in [0.5, 0.6) is 0 Å². The Bertz CT molecular complexity index is 416. The quantitative estimate of drug-likeness (QED) is 0.721. The van der Waals surface area contributed by atoms with E-state index in [4.69, 9.17) is 15.6 Å². The Labute approximate surface area is 98.8 Å². The summed E-state index contributed by atoms with van der Waals surface area (Å²) in [5, 5.41) is 11.8.